The van der Waals surface area contributed by atoms with Crippen molar-refractivity contribution in [2.75, 3.05) is 0 Å². The first-order chi connectivity index (χ1) is 13.4. The van der Waals surface area contributed by atoms with Gasteiger partial charge in [-0.05, 0) is 36.4 Å². The average molecular weight is 400 g/mol. The number of aromatic nitrogens is 4. The van der Waals surface area contributed by atoms with Crippen LogP contribution in [0.1, 0.15) is 26.0 Å². The normalized spacial score (nSPS) is 12.3. The lowest BCUT2D eigenvalue weighted by atomic mass is 10.0. The highest BCUT2D eigenvalue weighted by Crippen LogP contribution is 2.21. The summed E-state index contributed by atoms with van der Waals surface area (Å²) in [6, 6.07) is 8.92. The minimum atomic E-state index is -0.185. The van der Waals surface area contributed by atoms with Crippen LogP contribution in [0.5, 0.6) is 0 Å². The van der Waals surface area contributed by atoms with Crippen LogP contribution in [0.15, 0.2) is 46.7 Å². The van der Waals surface area contributed by atoms with Gasteiger partial charge in [0, 0.05) is 30.9 Å². The van der Waals surface area contributed by atoms with Gasteiger partial charge in [-0.2, -0.15) is 10.2 Å². The Morgan fingerprint density at radius 3 is 2.68 bits per heavy atom. The maximum atomic E-state index is 12.4. The van der Waals surface area contributed by atoms with E-state index in [4.69, 9.17) is 0 Å². The predicted molar refractivity (Wildman–Crippen MR) is 110 cm³/mol. The number of carbonyl (C=O) groups is 1. The Kier molecular flexibility index (Phi) is 6.41. The summed E-state index contributed by atoms with van der Waals surface area (Å²) in [7, 11) is 0. The average Bonchev–Trinajstić information content (AvgIpc) is 3.33. The molecule has 0 aromatic carbocycles. The summed E-state index contributed by atoms with van der Waals surface area (Å²) in [6.07, 6.45) is 2.06. The van der Waals surface area contributed by atoms with Gasteiger partial charge in [0.15, 0.2) is 0 Å². The monoisotopic (exact) mass is 399 g/mol. The Morgan fingerprint density at radius 2 is 2.04 bits per heavy atom. The van der Waals surface area contributed by atoms with Crippen molar-refractivity contribution >= 4 is 17.2 Å². The molecule has 3 aromatic rings. The lowest BCUT2D eigenvalue weighted by molar-refractivity contribution is -0.122. The number of aryl methyl sites for hydroxylation is 2. The Bertz CT molecular complexity index is 975. The number of rotatable bonds is 8. The maximum Gasteiger partial charge on any atom is 0.266 e. The third-order valence-corrected chi connectivity index (χ3v) is 5.53. The number of nitrogens with zero attached hydrogens (tertiary/aromatic N) is 4. The SMILES string of the molecule is Cc1ccnn1CCC(=O)N[C@@H](Cn1nc(-c2cccs2)ccc1=O)C(C)C. The largest absolute Gasteiger partial charge is 0.351 e. The molecule has 3 aromatic heterocycles. The zero-order chi connectivity index (χ0) is 20.1. The van der Waals surface area contributed by atoms with Gasteiger partial charge in [0.1, 0.15) is 5.69 Å². The number of nitrogens with one attached hydrogen (secondary N) is 1. The molecule has 3 heterocycles. The van der Waals surface area contributed by atoms with Gasteiger partial charge in [0.2, 0.25) is 5.91 Å². The van der Waals surface area contributed by atoms with Crippen LogP contribution in [0, 0.1) is 12.8 Å². The minimum Gasteiger partial charge on any atom is -0.351 e. The van der Waals surface area contributed by atoms with Crippen molar-refractivity contribution in [3.63, 3.8) is 0 Å². The summed E-state index contributed by atoms with van der Waals surface area (Å²) in [6.45, 7) is 6.87. The molecule has 0 saturated heterocycles. The van der Waals surface area contributed by atoms with Crippen LogP contribution in [0.2, 0.25) is 0 Å². The molecular weight excluding hydrogens is 374 g/mol. The van der Waals surface area contributed by atoms with Gasteiger partial charge in [0.05, 0.1) is 17.5 Å². The Labute approximate surface area is 168 Å². The summed E-state index contributed by atoms with van der Waals surface area (Å²) in [5, 5.41) is 13.7. The van der Waals surface area contributed by atoms with Crippen molar-refractivity contribution in [3.8, 4) is 10.6 Å². The third kappa shape index (κ3) is 4.95. The van der Waals surface area contributed by atoms with Gasteiger partial charge in [-0.1, -0.05) is 19.9 Å². The molecule has 0 spiro atoms. The van der Waals surface area contributed by atoms with E-state index in [1.807, 2.05) is 44.4 Å². The summed E-state index contributed by atoms with van der Waals surface area (Å²) >= 11 is 1.58. The molecule has 8 heteroatoms. The van der Waals surface area contributed by atoms with Crippen LogP contribution >= 0.6 is 11.3 Å². The first kappa shape index (κ1) is 20.0. The predicted octanol–water partition coefficient (Wildman–Crippen LogP) is 2.71. The molecule has 0 saturated carbocycles. The highest BCUT2D eigenvalue weighted by molar-refractivity contribution is 7.13. The number of hydrogen-bond acceptors (Lipinski definition) is 5. The molecule has 0 aliphatic carbocycles. The number of amides is 1. The highest BCUT2D eigenvalue weighted by Gasteiger charge is 2.18. The van der Waals surface area contributed by atoms with Crippen molar-refractivity contribution in [3.05, 3.63) is 58.0 Å². The second kappa shape index (κ2) is 8.97. The topological polar surface area (TPSA) is 81.8 Å². The van der Waals surface area contributed by atoms with Gasteiger partial charge in [-0.15, -0.1) is 11.3 Å². The van der Waals surface area contributed by atoms with Crippen LogP contribution in [0.3, 0.4) is 0 Å². The lowest BCUT2D eigenvalue weighted by Crippen LogP contribution is -2.44. The van der Waals surface area contributed by atoms with Crippen molar-refractivity contribution < 1.29 is 4.79 Å². The third-order valence-electron chi connectivity index (χ3n) is 4.64. The molecule has 28 heavy (non-hydrogen) atoms. The molecular formula is C20H25N5O2S. The van der Waals surface area contributed by atoms with Crippen molar-refractivity contribution in [1.29, 1.82) is 0 Å². The van der Waals surface area contributed by atoms with Gasteiger partial charge < -0.3 is 5.32 Å². The van der Waals surface area contributed by atoms with Crippen LogP contribution in [-0.4, -0.2) is 31.5 Å². The molecule has 1 amide bonds. The van der Waals surface area contributed by atoms with E-state index in [1.54, 1.807) is 28.3 Å². The van der Waals surface area contributed by atoms with E-state index in [2.05, 4.69) is 15.5 Å². The van der Waals surface area contributed by atoms with Gasteiger partial charge >= 0.3 is 0 Å². The van der Waals surface area contributed by atoms with Crippen molar-refractivity contribution in [2.45, 2.75) is 46.3 Å². The summed E-state index contributed by atoms with van der Waals surface area (Å²) in [4.78, 5) is 25.7. The highest BCUT2D eigenvalue weighted by atomic mass is 32.1. The van der Waals surface area contributed by atoms with E-state index < -0.39 is 0 Å². The first-order valence-electron chi connectivity index (χ1n) is 9.34. The fourth-order valence-electron chi connectivity index (χ4n) is 2.86. The maximum absolute atomic E-state index is 12.4. The number of carbonyl (C=O) groups excluding carboxylic acids is 1. The zero-order valence-corrected chi connectivity index (χ0v) is 17.1. The Hall–Kier alpha value is -2.74. The summed E-state index contributed by atoms with van der Waals surface area (Å²) < 4.78 is 3.25. The van der Waals surface area contributed by atoms with Gasteiger partial charge in [-0.25, -0.2) is 4.68 Å². The van der Waals surface area contributed by atoms with E-state index in [-0.39, 0.29) is 23.4 Å². The second-order valence-corrected chi connectivity index (χ2v) is 8.03. The van der Waals surface area contributed by atoms with E-state index in [9.17, 15) is 9.59 Å². The molecule has 0 fully saturated rings. The Morgan fingerprint density at radius 1 is 1.21 bits per heavy atom. The fraction of sp³-hybridized carbons (Fsp3) is 0.400. The summed E-state index contributed by atoms with van der Waals surface area (Å²) in [5.41, 5.74) is 1.61. The second-order valence-electron chi connectivity index (χ2n) is 7.08. The molecule has 0 unspecified atom stereocenters. The molecule has 1 N–H and O–H groups in total. The van der Waals surface area contributed by atoms with Crippen LogP contribution in [0.4, 0.5) is 0 Å². The zero-order valence-electron chi connectivity index (χ0n) is 16.3. The fourth-order valence-corrected chi connectivity index (χ4v) is 3.55. The van der Waals surface area contributed by atoms with E-state index >= 15 is 0 Å². The van der Waals surface area contributed by atoms with E-state index in [0.29, 0.717) is 19.5 Å². The quantitative estimate of drug-likeness (QED) is 0.631. The molecule has 7 nitrogen and oxygen atoms in total. The van der Waals surface area contributed by atoms with Crippen molar-refractivity contribution in [1.82, 2.24) is 24.9 Å². The molecule has 0 bridgehead atoms. The smallest absolute Gasteiger partial charge is 0.266 e. The summed E-state index contributed by atoms with van der Waals surface area (Å²) in [5.74, 6) is 0.102. The van der Waals surface area contributed by atoms with Crippen LogP contribution < -0.4 is 10.9 Å². The first-order valence-corrected chi connectivity index (χ1v) is 10.2. The lowest BCUT2D eigenvalue weighted by Gasteiger charge is -2.23. The Balaban J connectivity index is 1.67. The van der Waals surface area contributed by atoms with E-state index in [0.717, 1.165) is 16.3 Å². The number of thiophene rings is 1. The van der Waals surface area contributed by atoms with Crippen molar-refractivity contribution in [2.24, 2.45) is 5.92 Å². The number of hydrogen-bond donors (Lipinski definition) is 1. The molecule has 148 valence electrons. The van der Waals surface area contributed by atoms with E-state index in [1.165, 1.54) is 10.7 Å². The molecule has 3 rings (SSSR count). The van der Waals surface area contributed by atoms with Crippen LogP contribution in [0.25, 0.3) is 10.6 Å². The van der Waals surface area contributed by atoms with Crippen LogP contribution in [-0.2, 0) is 17.9 Å². The standard InChI is InChI=1S/C20H25N5O2S/c1-14(2)17(22-19(26)9-11-24-15(3)8-10-21-24)13-25-20(27)7-6-16(23-25)18-5-4-12-28-18/h4-8,10,12,14,17H,9,11,13H2,1-3H3,(H,22,26)/t17-/m0/s1. The minimum absolute atomic E-state index is 0.0592. The molecule has 0 radical (unpaired) electrons. The van der Waals surface area contributed by atoms with Gasteiger partial charge in [0.25, 0.3) is 5.56 Å². The van der Waals surface area contributed by atoms with Gasteiger partial charge in [-0.3, -0.25) is 14.3 Å². The molecule has 0 aliphatic heterocycles. The molecule has 0 aliphatic rings. The molecule has 1 atom stereocenters.